The normalized spacial score (nSPS) is 11.7. The van der Waals surface area contributed by atoms with E-state index >= 15 is 0 Å². The Morgan fingerprint density at radius 3 is 2.76 bits per heavy atom. The highest BCUT2D eigenvalue weighted by molar-refractivity contribution is 7.20. The quantitative estimate of drug-likeness (QED) is 0.395. The molecule has 4 heterocycles. The van der Waals surface area contributed by atoms with Crippen LogP contribution in [0.5, 0.6) is 5.75 Å². The average molecular weight is 472 g/mol. The number of H-pyrrole nitrogens is 2. The molecule has 0 saturated heterocycles. The maximum absolute atomic E-state index is 13.3. The van der Waals surface area contributed by atoms with Gasteiger partial charge < -0.3 is 14.3 Å². The van der Waals surface area contributed by atoms with Crippen molar-refractivity contribution in [3.63, 3.8) is 0 Å². The third-order valence-electron chi connectivity index (χ3n) is 6.27. The van der Waals surface area contributed by atoms with Crippen molar-refractivity contribution in [2.45, 2.75) is 19.9 Å². The summed E-state index contributed by atoms with van der Waals surface area (Å²) in [6.45, 7) is 2.27. The molecule has 34 heavy (non-hydrogen) atoms. The van der Waals surface area contributed by atoms with Gasteiger partial charge in [0.1, 0.15) is 5.75 Å². The van der Waals surface area contributed by atoms with E-state index in [0.717, 1.165) is 32.4 Å². The van der Waals surface area contributed by atoms with Crippen LogP contribution in [-0.4, -0.2) is 31.4 Å². The van der Waals surface area contributed by atoms with Gasteiger partial charge >= 0.3 is 0 Å². The Morgan fingerprint density at radius 2 is 1.94 bits per heavy atom. The molecule has 0 amide bonds. The molecule has 4 aromatic heterocycles. The lowest BCUT2D eigenvalue weighted by molar-refractivity contribution is 0.415. The molecule has 0 unspecified atom stereocenters. The summed E-state index contributed by atoms with van der Waals surface area (Å²) in [7, 11) is 1.64. The van der Waals surface area contributed by atoms with Crippen LogP contribution in [0.3, 0.4) is 0 Å². The average Bonchev–Trinajstić information content (AvgIpc) is 3.53. The van der Waals surface area contributed by atoms with Gasteiger partial charge in [0.2, 0.25) is 5.13 Å². The van der Waals surface area contributed by atoms with E-state index in [1.54, 1.807) is 11.7 Å². The molecule has 0 aliphatic rings. The highest BCUT2D eigenvalue weighted by atomic mass is 32.1. The van der Waals surface area contributed by atoms with Crippen molar-refractivity contribution in [2.75, 3.05) is 7.11 Å². The van der Waals surface area contributed by atoms with Crippen molar-refractivity contribution in [1.82, 2.24) is 24.3 Å². The van der Waals surface area contributed by atoms with E-state index in [1.807, 2.05) is 55.6 Å². The van der Waals surface area contributed by atoms with Gasteiger partial charge in [-0.3, -0.25) is 14.7 Å². The first-order chi connectivity index (χ1) is 16.5. The monoisotopic (exact) mass is 471 g/mol. The van der Waals surface area contributed by atoms with E-state index in [9.17, 15) is 9.59 Å². The molecule has 6 rings (SSSR count). The van der Waals surface area contributed by atoms with Gasteiger partial charge in [-0.1, -0.05) is 23.5 Å². The minimum absolute atomic E-state index is 0.153. The second kappa shape index (κ2) is 7.74. The number of methoxy groups -OCH3 is 1. The van der Waals surface area contributed by atoms with Crippen molar-refractivity contribution in [2.24, 2.45) is 0 Å². The molecule has 9 heteroatoms. The number of aromatic nitrogens is 5. The molecule has 0 aliphatic carbocycles. The number of rotatable bonds is 5. The SMILES string of the molecule is COc1ccc2[nH]cc(CCn3c(C)c4c(=O)n(-c5nc6ccccc6s5)[nH]c4cc3=O)c2c1. The first kappa shape index (κ1) is 20.5. The number of nitrogens with zero attached hydrogens (tertiary/aromatic N) is 3. The minimum Gasteiger partial charge on any atom is -0.497 e. The number of thiazole rings is 1. The van der Waals surface area contributed by atoms with Gasteiger partial charge in [-0.05, 0) is 49.2 Å². The molecule has 0 bridgehead atoms. The Morgan fingerprint density at radius 1 is 1.09 bits per heavy atom. The summed E-state index contributed by atoms with van der Waals surface area (Å²) >= 11 is 1.43. The maximum Gasteiger partial charge on any atom is 0.282 e. The van der Waals surface area contributed by atoms with Crippen molar-refractivity contribution in [1.29, 1.82) is 0 Å². The second-order valence-corrected chi connectivity index (χ2v) is 9.21. The summed E-state index contributed by atoms with van der Waals surface area (Å²) < 4.78 is 9.44. The summed E-state index contributed by atoms with van der Waals surface area (Å²) in [6.07, 6.45) is 2.59. The molecule has 0 aliphatic heterocycles. The van der Waals surface area contributed by atoms with Crippen LogP contribution in [0.1, 0.15) is 11.3 Å². The van der Waals surface area contributed by atoms with Crippen LogP contribution in [0.2, 0.25) is 0 Å². The van der Waals surface area contributed by atoms with Crippen molar-refractivity contribution >= 4 is 43.4 Å². The molecule has 2 N–H and O–H groups in total. The Hall–Kier alpha value is -4.11. The Kier molecular flexibility index (Phi) is 4.66. The Balaban J connectivity index is 1.40. The molecule has 0 fully saturated rings. The zero-order valence-electron chi connectivity index (χ0n) is 18.6. The number of benzene rings is 2. The lowest BCUT2D eigenvalue weighted by Crippen LogP contribution is -2.24. The summed E-state index contributed by atoms with van der Waals surface area (Å²) in [5, 5.41) is 5.19. The number of ether oxygens (including phenoxy) is 1. The van der Waals surface area contributed by atoms with Crippen LogP contribution in [0.15, 0.2) is 64.3 Å². The molecule has 0 spiro atoms. The van der Waals surface area contributed by atoms with E-state index < -0.39 is 0 Å². The van der Waals surface area contributed by atoms with Gasteiger partial charge in [0.25, 0.3) is 11.1 Å². The number of aromatic amines is 2. The molecular formula is C25H21N5O3S. The standard InChI is InChI=1S/C25H21N5O3S/c1-14-23-20(28-30(24(23)32)25-27-19-5-3-4-6-21(19)34-25)12-22(31)29(14)10-9-15-13-26-18-8-7-16(33-2)11-17(15)18/h3-8,11-13,26,28H,9-10H2,1-2H3. The van der Waals surface area contributed by atoms with E-state index in [-0.39, 0.29) is 11.1 Å². The first-order valence-electron chi connectivity index (χ1n) is 10.9. The molecule has 2 aromatic carbocycles. The van der Waals surface area contributed by atoms with Gasteiger partial charge in [0, 0.05) is 35.4 Å². The summed E-state index contributed by atoms with van der Waals surface area (Å²) in [6, 6.07) is 15.1. The maximum atomic E-state index is 13.3. The van der Waals surface area contributed by atoms with Crippen molar-refractivity contribution in [3.05, 3.63) is 86.7 Å². The largest absolute Gasteiger partial charge is 0.497 e. The van der Waals surface area contributed by atoms with Crippen LogP contribution in [0.25, 0.3) is 37.2 Å². The molecule has 8 nitrogen and oxygen atoms in total. The zero-order valence-corrected chi connectivity index (χ0v) is 19.4. The van der Waals surface area contributed by atoms with Crippen LogP contribution in [0.4, 0.5) is 0 Å². The van der Waals surface area contributed by atoms with E-state index in [0.29, 0.717) is 34.7 Å². The summed E-state index contributed by atoms with van der Waals surface area (Å²) in [5.74, 6) is 0.783. The number of hydrogen-bond acceptors (Lipinski definition) is 5. The first-order valence-corrected chi connectivity index (χ1v) is 11.7. The smallest absolute Gasteiger partial charge is 0.282 e. The fraction of sp³-hybridized carbons (Fsp3) is 0.160. The van der Waals surface area contributed by atoms with Gasteiger partial charge in [-0.15, -0.1) is 0 Å². The lowest BCUT2D eigenvalue weighted by atomic mass is 10.1. The number of hydrogen-bond donors (Lipinski definition) is 2. The predicted molar refractivity (Wildman–Crippen MR) is 135 cm³/mol. The van der Waals surface area contributed by atoms with E-state index in [2.05, 4.69) is 15.1 Å². The van der Waals surface area contributed by atoms with E-state index in [4.69, 9.17) is 4.74 Å². The van der Waals surface area contributed by atoms with Gasteiger partial charge in [0.15, 0.2) is 0 Å². The van der Waals surface area contributed by atoms with Crippen LogP contribution in [-0.2, 0) is 13.0 Å². The highest BCUT2D eigenvalue weighted by Crippen LogP contribution is 2.26. The van der Waals surface area contributed by atoms with Gasteiger partial charge in [-0.2, -0.15) is 4.68 Å². The molecular weight excluding hydrogens is 450 g/mol. The van der Waals surface area contributed by atoms with Crippen molar-refractivity contribution in [3.8, 4) is 10.9 Å². The molecule has 170 valence electrons. The van der Waals surface area contributed by atoms with Crippen LogP contribution >= 0.6 is 11.3 Å². The zero-order chi connectivity index (χ0) is 23.4. The predicted octanol–water partition coefficient (Wildman–Crippen LogP) is 4.13. The fourth-order valence-electron chi connectivity index (χ4n) is 4.50. The summed E-state index contributed by atoms with van der Waals surface area (Å²) in [5.41, 5.74) is 3.72. The topological polar surface area (TPSA) is 97.7 Å². The number of aryl methyl sites for hydroxylation is 2. The van der Waals surface area contributed by atoms with Gasteiger partial charge in [0.05, 0.1) is 28.2 Å². The number of nitrogens with one attached hydrogen (secondary N) is 2. The Bertz CT molecular complexity index is 1780. The molecule has 0 atom stereocenters. The lowest BCUT2D eigenvalue weighted by Gasteiger charge is -2.10. The molecule has 0 radical (unpaired) electrons. The summed E-state index contributed by atoms with van der Waals surface area (Å²) in [4.78, 5) is 34.1. The Labute approximate surface area is 197 Å². The number of para-hydroxylation sites is 1. The second-order valence-electron chi connectivity index (χ2n) is 8.20. The van der Waals surface area contributed by atoms with Crippen molar-refractivity contribution < 1.29 is 4.74 Å². The number of pyridine rings is 1. The third kappa shape index (κ3) is 3.16. The minimum atomic E-state index is -0.211. The number of fused-ring (bicyclic) bond motifs is 3. The molecule has 6 aromatic rings. The third-order valence-corrected chi connectivity index (χ3v) is 7.29. The highest BCUT2D eigenvalue weighted by Gasteiger charge is 2.17. The van der Waals surface area contributed by atoms with E-state index in [1.165, 1.54) is 22.1 Å². The van der Waals surface area contributed by atoms with Crippen LogP contribution in [0, 0.1) is 6.92 Å². The van der Waals surface area contributed by atoms with Crippen LogP contribution < -0.4 is 15.9 Å². The fourth-order valence-corrected chi connectivity index (χ4v) is 5.43. The van der Waals surface area contributed by atoms with Gasteiger partial charge in [-0.25, -0.2) is 4.98 Å². The molecule has 0 saturated carbocycles.